The molecule has 0 spiro atoms. The van der Waals surface area contributed by atoms with E-state index in [-0.39, 0.29) is 16.6 Å². The molecule has 2 aromatic rings. The zero-order chi connectivity index (χ0) is 19.4. The van der Waals surface area contributed by atoms with E-state index >= 15 is 0 Å². The van der Waals surface area contributed by atoms with Gasteiger partial charge in [-0.3, -0.25) is 9.69 Å². The van der Waals surface area contributed by atoms with E-state index in [1.54, 1.807) is 48.6 Å². The van der Waals surface area contributed by atoms with E-state index < -0.39 is 10.1 Å². The molecule has 1 saturated heterocycles. The molecule has 3 rings (SSSR count). The Balaban J connectivity index is 1.93. The van der Waals surface area contributed by atoms with Crippen molar-refractivity contribution in [2.24, 2.45) is 0 Å². The summed E-state index contributed by atoms with van der Waals surface area (Å²) in [5.41, 5.74) is 0.469. The van der Waals surface area contributed by atoms with E-state index in [0.717, 1.165) is 11.8 Å². The lowest BCUT2D eigenvalue weighted by atomic mass is 10.2. The number of amides is 1. The summed E-state index contributed by atoms with van der Waals surface area (Å²) in [6.45, 7) is 3.94. The van der Waals surface area contributed by atoms with Crippen LogP contribution in [0.3, 0.4) is 0 Å². The number of carbonyl (C=O) groups excluding carboxylic acids is 1. The molecular weight excluding hydrogens is 402 g/mol. The Morgan fingerprint density at radius 3 is 2.48 bits per heavy atom. The Bertz CT molecular complexity index is 1030. The minimum absolute atomic E-state index is 0.0529. The van der Waals surface area contributed by atoms with Gasteiger partial charge in [0.2, 0.25) is 0 Å². The largest absolute Gasteiger partial charge is 0.378 e. The van der Waals surface area contributed by atoms with Gasteiger partial charge in [-0.15, -0.1) is 6.58 Å². The Hall–Kier alpha value is -2.42. The number of nitrogens with zero attached hydrogens (tertiary/aromatic N) is 1. The number of para-hydroxylation sites is 1. The van der Waals surface area contributed by atoms with Gasteiger partial charge >= 0.3 is 10.1 Å². The van der Waals surface area contributed by atoms with Crippen LogP contribution in [0.15, 0.2) is 77.1 Å². The van der Waals surface area contributed by atoms with Crippen molar-refractivity contribution in [2.45, 2.75) is 4.90 Å². The minimum atomic E-state index is -3.98. The first-order valence-corrected chi connectivity index (χ1v) is 10.5. The second-order valence-electron chi connectivity index (χ2n) is 5.47. The molecule has 1 amide bonds. The van der Waals surface area contributed by atoms with Crippen molar-refractivity contribution in [2.75, 3.05) is 6.54 Å². The van der Waals surface area contributed by atoms with Crippen molar-refractivity contribution in [1.29, 1.82) is 0 Å². The van der Waals surface area contributed by atoms with Crippen LogP contribution >= 0.6 is 24.0 Å². The van der Waals surface area contributed by atoms with Gasteiger partial charge in [-0.1, -0.05) is 66.5 Å². The molecule has 2 aromatic carbocycles. The van der Waals surface area contributed by atoms with Gasteiger partial charge in [0.15, 0.2) is 0 Å². The van der Waals surface area contributed by atoms with Gasteiger partial charge in [-0.2, -0.15) is 8.42 Å². The van der Waals surface area contributed by atoms with Gasteiger partial charge < -0.3 is 4.18 Å². The number of thioether (sulfide) groups is 1. The maximum atomic E-state index is 12.5. The van der Waals surface area contributed by atoms with Crippen LogP contribution in [-0.2, 0) is 14.9 Å². The highest BCUT2D eigenvalue weighted by molar-refractivity contribution is 8.26. The van der Waals surface area contributed by atoms with Crippen LogP contribution in [-0.4, -0.2) is 30.1 Å². The lowest BCUT2D eigenvalue weighted by molar-refractivity contribution is -0.121. The molecule has 1 fully saturated rings. The molecular formula is C19H15NO4S3. The lowest BCUT2D eigenvalue weighted by Crippen LogP contribution is -2.27. The van der Waals surface area contributed by atoms with Crippen LogP contribution in [0.4, 0.5) is 0 Å². The van der Waals surface area contributed by atoms with Gasteiger partial charge in [0.25, 0.3) is 5.91 Å². The van der Waals surface area contributed by atoms with Crippen molar-refractivity contribution in [3.05, 3.63) is 77.7 Å². The van der Waals surface area contributed by atoms with Crippen molar-refractivity contribution in [3.63, 3.8) is 0 Å². The first-order chi connectivity index (χ1) is 12.9. The molecule has 1 heterocycles. The second kappa shape index (κ2) is 8.08. The third-order valence-corrected chi connectivity index (χ3v) is 6.25. The second-order valence-corrected chi connectivity index (χ2v) is 8.69. The maximum Gasteiger partial charge on any atom is 0.339 e. The third kappa shape index (κ3) is 4.29. The normalized spacial score (nSPS) is 16.0. The van der Waals surface area contributed by atoms with Gasteiger partial charge in [0.05, 0.1) is 4.91 Å². The molecule has 0 saturated carbocycles. The molecule has 5 nitrogen and oxygen atoms in total. The number of hydrogen-bond acceptors (Lipinski definition) is 6. The van der Waals surface area contributed by atoms with Crippen LogP contribution in [0.5, 0.6) is 5.75 Å². The average molecular weight is 418 g/mol. The van der Waals surface area contributed by atoms with Crippen molar-refractivity contribution in [3.8, 4) is 5.75 Å². The fourth-order valence-electron chi connectivity index (χ4n) is 2.36. The topological polar surface area (TPSA) is 63.7 Å². The quantitative estimate of drug-likeness (QED) is 0.308. The summed E-state index contributed by atoms with van der Waals surface area (Å²) >= 11 is 6.37. The van der Waals surface area contributed by atoms with Crippen LogP contribution in [0, 0.1) is 0 Å². The van der Waals surface area contributed by atoms with Gasteiger partial charge in [-0.05, 0) is 24.3 Å². The summed E-state index contributed by atoms with van der Waals surface area (Å²) in [6.07, 6.45) is 3.18. The predicted molar refractivity (Wildman–Crippen MR) is 111 cm³/mol. The molecule has 1 aliphatic rings. The first kappa shape index (κ1) is 19.3. The molecule has 8 heteroatoms. The summed E-state index contributed by atoms with van der Waals surface area (Å²) < 4.78 is 30.7. The Kier molecular flexibility index (Phi) is 5.79. The van der Waals surface area contributed by atoms with E-state index in [2.05, 4.69) is 6.58 Å². The van der Waals surface area contributed by atoms with E-state index in [4.69, 9.17) is 16.4 Å². The first-order valence-electron chi connectivity index (χ1n) is 7.87. The van der Waals surface area contributed by atoms with Crippen molar-refractivity contribution >= 4 is 50.4 Å². The average Bonchev–Trinajstić information content (AvgIpc) is 2.92. The van der Waals surface area contributed by atoms with Gasteiger partial charge in [0.1, 0.15) is 15.0 Å². The molecule has 0 unspecified atom stereocenters. The molecule has 0 atom stereocenters. The molecule has 138 valence electrons. The van der Waals surface area contributed by atoms with E-state index in [1.165, 1.54) is 23.1 Å². The maximum absolute atomic E-state index is 12.5. The Morgan fingerprint density at radius 2 is 1.78 bits per heavy atom. The highest BCUT2D eigenvalue weighted by atomic mass is 32.2. The number of carbonyl (C=O) groups is 1. The van der Waals surface area contributed by atoms with Crippen molar-refractivity contribution in [1.82, 2.24) is 4.90 Å². The summed E-state index contributed by atoms with van der Waals surface area (Å²) in [5.74, 6) is -0.110. The summed E-state index contributed by atoms with van der Waals surface area (Å²) in [7, 11) is -3.98. The number of rotatable bonds is 6. The standard InChI is InChI=1S/C19H15NO4S3/c1-2-12-20-18(21)17(26-19(20)25)13-14-8-6-7-11-16(14)24-27(22,23)15-9-4-3-5-10-15/h2-11,13H,1,12H2. The summed E-state index contributed by atoms with van der Waals surface area (Å²) in [6, 6.07) is 14.5. The summed E-state index contributed by atoms with van der Waals surface area (Å²) in [4.78, 5) is 14.4. The Labute approximate surface area is 167 Å². The van der Waals surface area contributed by atoms with Gasteiger partial charge in [-0.25, -0.2) is 0 Å². The SMILES string of the molecule is C=CCN1C(=O)C(=Cc2ccccc2OS(=O)(=O)c2ccccc2)SC1=S. The molecule has 0 aliphatic carbocycles. The predicted octanol–water partition coefficient (Wildman–Crippen LogP) is 3.84. The number of benzene rings is 2. The zero-order valence-electron chi connectivity index (χ0n) is 14.1. The molecule has 1 aliphatic heterocycles. The highest BCUT2D eigenvalue weighted by Gasteiger charge is 2.31. The molecule has 0 N–H and O–H groups in total. The smallest absolute Gasteiger partial charge is 0.339 e. The number of hydrogen-bond donors (Lipinski definition) is 0. The van der Waals surface area contributed by atoms with E-state index in [9.17, 15) is 13.2 Å². The van der Waals surface area contributed by atoms with E-state index in [0.29, 0.717) is 21.3 Å². The van der Waals surface area contributed by atoms with Crippen molar-refractivity contribution < 1.29 is 17.4 Å². The molecule has 27 heavy (non-hydrogen) atoms. The van der Waals surface area contributed by atoms with Crippen LogP contribution < -0.4 is 4.18 Å². The Morgan fingerprint density at radius 1 is 1.11 bits per heavy atom. The fourth-order valence-corrected chi connectivity index (χ4v) is 4.60. The van der Waals surface area contributed by atoms with E-state index in [1.807, 2.05) is 0 Å². The molecule has 0 radical (unpaired) electrons. The fraction of sp³-hybridized carbons (Fsp3) is 0.0526. The lowest BCUT2D eigenvalue weighted by Gasteiger charge is -2.11. The monoisotopic (exact) mass is 417 g/mol. The van der Waals surface area contributed by atoms with Crippen LogP contribution in [0.2, 0.25) is 0 Å². The minimum Gasteiger partial charge on any atom is -0.378 e. The van der Waals surface area contributed by atoms with Crippen LogP contribution in [0.25, 0.3) is 6.08 Å². The highest BCUT2D eigenvalue weighted by Crippen LogP contribution is 2.34. The summed E-state index contributed by atoms with van der Waals surface area (Å²) in [5, 5.41) is 0. The molecule has 0 aromatic heterocycles. The molecule has 0 bridgehead atoms. The third-order valence-electron chi connectivity index (χ3n) is 3.62. The van der Waals surface area contributed by atoms with Gasteiger partial charge in [0, 0.05) is 12.1 Å². The van der Waals surface area contributed by atoms with Crippen LogP contribution in [0.1, 0.15) is 5.56 Å². The zero-order valence-corrected chi connectivity index (χ0v) is 16.5. The number of thiocarbonyl (C=S) groups is 1.